The molecule has 1 aliphatic heterocycles. The number of nitrogens with zero attached hydrogens (tertiary/aromatic N) is 4. The lowest BCUT2D eigenvalue weighted by molar-refractivity contribution is 0.0691. The Morgan fingerprint density at radius 2 is 1.67 bits per heavy atom. The van der Waals surface area contributed by atoms with E-state index in [1.54, 1.807) is 48.2 Å². The molecule has 2 aromatic carbocycles. The molecule has 0 saturated carbocycles. The van der Waals surface area contributed by atoms with Crippen LogP contribution in [0.15, 0.2) is 52.2 Å². The van der Waals surface area contributed by atoms with Gasteiger partial charge in [0.2, 0.25) is 10.0 Å². The number of sulfonamides is 1. The Hall–Kier alpha value is -3.04. The Bertz CT molecular complexity index is 1370. The third kappa shape index (κ3) is 4.30. The van der Waals surface area contributed by atoms with Crippen LogP contribution in [0.25, 0.3) is 10.8 Å². The first-order chi connectivity index (χ1) is 15.7. The van der Waals surface area contributed by atoms with Gasteiger partial charge in [-0.25, -0.2) is 13.1 Å². The predicted octanol–water partition coefficient (Wildman–Crippen LogP) is 2.57. The molecule has 174 valence electrons. The summed E-state index contributed by atoms with van der Waals surface area (Å²) in [6.07, 6.45) is 0.716. The number of rotatable bonds is 5. The molecule has 0 N–H and O–H groups in total. The molecule has 1 fully saturated rings. The second kappa shape index (κ2) is 9.07. The van der Waals surface area contributed by atoms with Gasteiger partial charge in [-0.05, 0) is 38.0 Å². The molecule has 1 aliphatic rings. The molecule has 0 radical (unpaired) electrons. The fourth-order valence-corrected chi connectivity index (χ4v) is 5.89. The molecule has 4 rings (SSSR count). The fourth-order valence-electron chi connectivity index (χ4n) is 4.27. The Morgan fingerprint density at radius 3 is 2.30 bits per heavy atom. The number of fused-ring (bicyclic) bond motifs is 1. The van der Waals surface area contributed by atoms with Gasteiger partial charge >= 0.3 is 0 Å². The summed E-state index contributed by atoms with van der Waals surface area (Å²) >= 11 is 0. The maximum absolute atomic E-state index is 13.4. The van der Waals surface area contributed by atoms with Crippen LogP contribution in [0.1, 0.15) is 35.0 Å². The number of hydrogen-bond acceptors (Lipinski definition) is 5. The first kappa shape index (κ1) is 23.1. The summed E-state index contributed by atoms with van der Waals surface area (Å²) in [5.41, 5.74) is 1.73. The minimum absolute atomic E-state index is 0.202. The zero-order valence-corrected chi connectivity index (χ0v) is 19.9. The molecule has 3 aromatic rings. The van der Waals surface area contributed by atoms with Gasteiger partial charge in [-0.1, -0.05) is 42.8 Å². The van der Waals surface area contributed by atoms with E-state index in [1.165, 1.54) is 8.99 Å². The van der Waals surface area contributed by atoms with Gasteiger partial charge in [0.1, 0.15) is 0 Å². The first-order valence-electron chi connectivity index (χ1n) is 11.1. The highest BCUT2D eigenvalue weighted by Crippen LogP contribution is 2.23. The van der Waals surface area contributed by atoms with Gasteiger partial charge in [0, 0.05) is 38.1 Å². The van der Waals surface area contributed by atoms with Crippen LogP contribution in [0.3, 0.4) is 0 Å². The molecule has 1 amide bonds. The molecule has 0 aliphatic carbocycles. The standard InChI is InChI=1S/C24H28N4O4S/c1-4-11-28-23(29)20-8-6-5-7-19(20)22(25-28)24(30)26-12-14-27(15-13-26)33(31,32)21-10-9-17(2)16-18(21)3/h5-10,16H,4,11-15H2,1-3H3. The Kier molecular flexibility index (Phi) is 6.36. The van der Waals surface area contributed by atoms with E-state index in [1.807, 2.05) is 19.9 Å². The number of amides is 1. The molecule has 0 spiro atoms. The van der Waals surface area contributed by atoms with Crippen molar-refractivity contribution >= 4 is 26.7 Å². The molecule has 0 bridgehead atoms. The SMILES string of the molecule is CCCn1nc(C(=O)N2CCN(S(=O)(=O)c3ccc(C)cc3C)CC2)c2ccccc2c1=O. The lowest BCUT2D eigenvalue weighted by Gasteiger charge is -2.34. The average molecular weight is 469 g/mol. The van der Waals surface area contributed by atoms with Crippen LogP contribution in [-0.4, -0.2) is 59.5 Å². The first-order valence-corrected chi connectivity index (χ1v) is 12.5. The predicted molar refractivity (Wildman–Crippen MR) is 127 cm³/mol. The van der Waals surface area contributed by atoms with E-state index in [9.17, 15) is 18.0 Å². The second-order valence-corrected chi connectivity index (χ2v) is 10.3. The number of carbonyl (C=O) groups is 1. The Balaban J connectivity index is 1.59. The summed E-state index contributed by atoms with van der Waals surface area (Å²) in [5, 5.41) is 5.36. The number of aryl methyl sites for hydroxylation is 3. The van der Waals surface area contributed by atoms with Crippen LogP contribution in [0.2, 0.25) is 0 Å². The van der Waals surface area contributed by atoms with Crippen LogP contribution in [0.4, 0.5) is 0 Å². The van der Waals surface area contributed by atoms with E-state index in [0.29, 0.717) is 34.2 Å². The average Bonchev–Trinajstić information content (AvgIpc) is 2.80. The van der Waals surface area contributed by atoms with E-state index in [-0.39, 0.29) is 43.3 Å². The normalized spacial score (nSPS) is 15.2. The topological polar surface area (TPSA) is 92.6 Å². The Morgan fingerprint density at radius 1 is 1.00 bits per heavy atom. The van der Waals surface area contributed by atoms with Gasteiger partial charge in [-0.2, -0.15) is 9.40 Å². The number of carbonyl (C=O) groups excluding carboxylic acids is 1. The lowest BCUT2D eigenvalue weighted by Crippen LogP contribution is -2.51. The largest absolute Gasteiger partial charge is 0.335 e. The van der Waals surface area contributed by atoms with Gasteiger partial charge in [0.15, 0.2) is 5.69 Å². The van der Waals surface area contributed by atoms with Gasteiger partial charge in [0.05, 0.1) is 10.3 Å². The molecule has 9 heteroatoms. The van der Waals surface area contributed by atoms with Crippen molar-refractivity contribution < 1.29 is 13.2 Å². The van der Waals surface area contributed by atoms with E-state index >= 15 is 0 Å². The van der Waals surface area contributed by atoms with Gasteiger partial charge in [-0.3, -0.25) is 9.59 Å². The van der Waals surface area contributed by atoms with Crippen molar-refractivity contribution in [1.82, 2.24) is 19.0 Å². The highest BCUT2D eigenvalue weighted by atomic mass is 32.2. The lowest BCUT2D eigenvalue weighted by atomic mass is 10.1. The van der Waals surface area contributed by atoms with Gasteiger partial charge in [0.25, 0.3) is 11.5 Å². The second-order valence-electron chi connectivity index (χ2n) is 8.39. The number of aromatic nitrogens is 2. The van der Waals surface area contributed by atoms with Crippen molar-refractivity contribution in [2.24, 2.45) is 0 Å². The van der Waals surface area contributed by atoms with Crippen LogP contribution in [0.5, 0.6) is 0 Å². The molecule has 33 heavy (non-hydrogen) atoms. The monoisotopic (exact) mass is 468 g/mol. The molecule has 2 heterocycles. The number of benzene rings is 2. The molecule has 0 unspecified atom stereocenters. The van der Waals surface area contributed by atoms with E-state index in [2.05, 4.69) is 5.10 Å². The maximum Gasteiger partial charge on any atom is 0.275 e. The highest BCUT2D eigenvalue weighted by Gasteiger charge is 2.32. The van der Waals surface area contributed by atoms with Crippen molar-refractivity contribution in [2.75, 3.05) is 26.2 Å². The third-order valence-corrected chi connectivity index (χ3v) is 8.04. The quantitative estimate of drug-likeness (QED) is 0.574. The van der Waals surface area contributed by atoms with Crippen molar-refractivity contribution in [2.45, 2.75) is 38.6 Å². The summed E-state index contributed by atoms with van der Waals surface area (Å²) in [6, 6.07) is 12.3. The summed E-state index contributed by atoms with van der Waals surface area (Å²) in [7, 11) is -3.64. The minimum Gasteiger partial charge on any atom is -0.335 e. The number of piperazine rings is 1. The smallest absolute Gasteiger partial charge is 0.275 e. The zero-order valence-electron chi connectivity index (χ0n) is 19.1. The molecular formula is C24H28N4O4S. The third-order valence-electron chi connectivity index (χ3n) is 5.98. The summed E-state index contributed by atoms with van der Waals surface area (Å²) in [5.74, 6) is -0.292. The molecule has 1 saturated heterocycles. The zero-order chi connectivity index (χ0) is 23.8. The molecule has 1 aromatic heterocycles. The highest BCUT2D eigenvalue weighted by molar-refractivity contribution is 7.89. The van der Waals surface area contributed by atoms with E-state index in [0.717, 1.165) is 5.56 Å². The maximum atomic E-state index is 13.4. The van der Waals surface area contributed by atoms with E-state index in [4.69, 9.17) is 0 Å². The fraction of sp³-hybridized carbons (Fsp3) is 0.375. The van der Waals surface area contributed by atoms with Crippen molar-refractivity contribution in [3.63, 3.8) is 0 Å². The summed E-state index contributed by atoms with van der Waals surface area (Å²) in [6.45, 7) is 7.00. The molecule has 0 atom stereocenters. The summed E-state index contributed by atoms with van der Waals surface area (Å²) in [4.78, 5) is 28.0. The van der Waals surface area contributed by atoms with Crippen LogP contribution in [0, 0.1) is 13.8 Å². The van der Waals surface area contributed by atoms with E-state index < -0.39 is 10.0 Å². The summed E-state index contributed by atoms with van der Waals surface area (Å²) < 4.78 is 29.1. The molecular weight excluding hydrogens is 440 g/mol. The van der Waals surface area contributed by atoms with Crippen LogP contribution in [-0.2, 0) is 16.6 Å². The Labute approximate surface area is 193 Å². The van der Waals surface area contributed by atoms with Crippen LogP contribution >= 0.6 is 0 Å². The van der Waals surface area contributed by atoms with Gasteiger partial charge < -0.3 is 4.90 Å². The minimum atomic E-state index is -3.64. The van der Waals surface area contributed by atoms with Crippen molar-refractivity contribution in [1.29, 1.82) is 0 Å². The van der Waals surface area contributed by atoms with Crippen molar-refractivity contribution in [3.05, 3.63) is 69.6 Å². The number of hydrogen-bond donors (Lipinski definition) is 0. The van der Waals surface area contributed by atoms with Gasteiger partial charge in [-0.15, -0.1) is 0 Å². The van der Waals surface area contributed by atoms with Crippen molar-refractivity contribution in [3.8, 4) is 0 Å². The molecule has 8 nitrogen and oxygen atoms in total. The van der Waals surface area contributed by atoms with Crippen LogP contribution < -0.4 is 5.56 Å².